The third-order valence-corrected chi connectivity index (χ3v) is 1.87. The first-order valence-electron chi connectivity index (χ1n) is 3.56. The number of rotatable bonds is 3. The molecule has 0 spiro atoms. The fraction of sp³-hybridized carbons (Fsp3) is 0.375. The fourth-order valence-corrected chi connectivity index (χ4v) is 1.13. The molecule has 1 aromatic heterocycles. The zero-order valence-corrected chi connectivity index (χ0v) is 7.68. The molecule has 0 amide bonds. The summed E-state index contributed by atoms with van der Waals surface area (Å²) in [6, 6.07) is 1.20. The average molecular weight is 208 g/mol. The van der Waals surface area contributed by atoms with Gasteiger partial charge < -0.3 is 4.74 Å². The summed E-state index contributed by atoms with van der Waals surface area (Å²) in [7, 11) is 1.37. The van der Waals surface area contributed by atoms with E-state index in [1.165, 1.54) is 19.4 Å². The van der Waals surface area contributed by atoms with Gasteiger partial charge in [0.2, 0.25) is 5.88 Å². The second-order valence-corrected chi connectivity index (χ2v) is 2.63. The summed E-state index contributed by atoms with van der Waals surface area (Å²) in [5.41, 5.74) is 0.208. The zero-order valence-electron chi connectivity index (χ0n) is 6.93. The van der Waals surface area contributed by atoms with Gasteiger partial charge in [-0.05, 0) is 5.56 Å². The molecule has 0 aliphatic rings. The highest BCUT2D eigenvalue weighted by Crippen LogP contribution is 2.26. The molecule has 1 aromatic rings. The van der Waals surface area contributed by atoms with Crippen molar-refractivity contribution in [1.82, 2.24) is 4.98 Å². The first-order chi connectivity index (χ1) is 6.19. The van der Waals surface area contributed by atoms with Gasteiger partial charge in [-0.2, -0.15) is 0 Å². The molecule has 0 saturated heterocycles. The second-order valence-electron chi connectivity index (χ2n) is 2.36. The molecule has 0 bridgehead atoms. The van der Waals surface area contributed by atoms with E-state index in [0.29, 0.717) is 5.56 Å². The van der Waals surface area contributed by atoms with Crippen LogP contribution in [0, 0.1) is 0 Å². The molecular formula is C8H8ClF2NO. The largest absolute Gasteiger partial charge is 0.481 e. The molecule has 0 N–H and O–H groups in total. The van der Waals surface area contributed by atoms with E-state index in [-0.39, 0.29) is 17.3 Å². The first-order valence-corrected chi connectivity index (χ1v) is 4.09. The number of alkyl halides is 3. The summed E-state index contributed by atoms with van der Waals surface area (Å²) < 4.78 is 29.5. The van der Waals surface area contributed by atoms with Crippen molar-refractivity contribution < 1.29 is 13.5 Å². The normalized spacial score (nSPS) is 10.5. The molecule has 0 aromatic carbocycles. The highest BCUT2D eigenvalue weighted by molar-refractivity contribution is 6.17. The van der Waals surface area contributed by atoms with Gasteiger partial charge in [0, 0.05) is 23.7 Å². The Bertz CT molecular complexity index is 293. The Morgan fingerprint density at radius 1 is 1.62 bits per heavy atom. The number of nitrogens with zero attached hydrogens (tertiary/aromatic N) is 1. The number of aromatic nitrogens is 1. The Kier molecular flexibility index (Phi) is 3.42. The maximum absolute atomic E-state index is 12.4. The van der Waals surface area contributed by atoms with Crippen LogP contribution in [0.15, 0.2) is 12.3 Å². The van der Waals surface area contributed by atoms with Gasteiger partial charge in [-0.1, -0.05) is 0 Å². The van der Waals surface area contributed by atoms with Gasteiger partial charge in [0.1, 0.15) is 0 Å². The second kappa shape index (κ2) is 4.37. The van der Waals surface area contributed by atoms with Crippen molar-refractivity contribution in [3.63, 3.8) is 0 Å². The molecular weight excluding hydrogens is 200 g/mol. The number of ether oxygens (including phenoxy) is 1. The Morgan fingerprint density at radius 3 is 2.77 bits per heavy atom. The van der Waals surface area contributed by atoms with Gasteiger partial charge in [-0.15, -0.1) is 11.6 Å². The van der Waals surface area contributed by atoms with Crippen LogP contribution in [-0.2, 0) is 5.88 Å². The van der Waals surface area contributed by atoms with E-state index in [1.54, 1.807) is 0 Å². The van der Waals surface area contributed by atoms with Gasteiger partial charge in [0.15, 0.2) is 0 Å². The molecule has 0 fully saturated rings. The lowest BCUT2D eigenvalue weighted by Gasteiger charge is -2.06. The lowest BCUT2D eigenvalue weighted by molar-refractivity contribution is 0.150. The SMILES string of the molecule is COc1cc(C(F)F)c(CCl)cn1. The molecule has 2 nitrogen and oxygen atoms in total. The molecule has 0 aliphatic heterocycles. The number of methoxy groups -OCH3 is 1. The fourth-order valence-electron chi connectivity index (χ4n) is 0.905. The van der Waals surface area contributed by atoms with Crippen LogP contribution in [0.5, 0.6) is 5.88 Å². The van der Waals surface area contributed by atoms with Crippen molar-refractivity contribution in [2.45, 2.75) is 12.3 Å². The van der Waals surface area contributed by atoms with E-state index in [0.717, 1.165) is 0 Å². The van der Waals surface area contributed by atoms with Crippen molar-refractivity contribution in [2.24, 2.45) is 0 Å². The Labute approximate surface area is 79.5 Å². The highest BCUT2D eigenvalue weighted by Gasteiger charge is 2.13. The zero-order chi connectivity index (χ0) is 9.84. The van der Waals surface area contributed by atoms with Gasteiger partial charge >= 0.3 is 0 Å². The molecule has 0 saturated carbocycles. The predicted molar refractivity (Wildman–Crippen MR) is 45.3 cm³/mol. The van der Waals surface area contributed by atoms with Gasteiger partial charge in [-0.3, -0.25) is 0 Å². The Balaban J connectivity index is 3.10. The van der Waals surface area contributed by atoms with Gasteiger partial charge in [-0.25, -0.2) is 13.8 Å². The van der Waals surface area contributed by atoms with Crippen LogP contribution >= 0.6 is 11.6 Å². The third kappa shape index (κ3) is 2.28. The number of pyridine rings is 1. The quantitative estimate of drug-likeness (QED) is 0.711. The molecule has 0 radical (unpaired) electrons. The summed E-state index contributed by atoms with van der Waals surface area (Å²) in [6.45, 7) is 0. The minimum Gasteiger partial charge on any atom is -0.481 e. The molecule has 0 unspecified atom stereocenters. The number of halogens is 3. The Hall–Kier alpha value is -0.900. The maximum atomic E-state index is 12.4. The van der Waals surface area contributed by atoms with Crippen LogP contribution in [0.3, 0.4) is 0 Å². The topological polar surface area (TPSA) is 22.1 Å². The van der Waals surface area contributed by atoms with Crippen molar-refractivity contribution >= 4 is 11.6 Å². The molecule has 72 valence electrons. The average Bonchev–Trinajstić information content (AvgIpc) is 2.16. The van der Waals surface area contributed by atoms with Gasteiger partial charge in [0.05, 0.1) is 7.11 Å². The molecule has 1 heterocycles. The van der Waals surface area contributed by atoms with E-state index < -0.39 is 6.43 Å². The third-order valence-electron chi connectivity index (χ3n) is 1.59. The van der Waals surface area contributed by atoms with Gasteiger partial charge in [0.25, 0.3) is 6.43 Å². The van der Waals surface area contributed by atoms with E-state index in [2.05, 4.69) is 4.98 Å². The van der Waals surface area contributed by atoms with Crippen LogP contribution in [-0.4, -0.2) is 12.1 Å². The van der Waals surface area contributed by atoms with Crippen molar-refractivity contribution in [3.05, 3.63) is 23.4 Å². The van der Waals surface area contributed by atoms with Crippen molar-refractivity contribution in [2.75, 3.05) is 7.11 Å². The number of hydrogen-bond acceptors (Lipinski definition) is 2. The number of hydrogen-bond donors (Lipinski definition) is 0. The van der Waals surface area contributed by atoms with Crippen LogP contribution in [0.1, 0.15) is 17.6 Å². The molecule has 13 heavy (non-hydrogen) atoms. The molecule has 5 heteroatoms. The predicted octanol–water partition coefficient (Wildman–Crippen LogP) is 2.77. The lowest BCUT2D eigenvalue weighted by atomic mass is 10.2. The smallest absolute Gasteiger partial charge is 0.264 e. The van der Waals surface area contributed by atoms with Crippen LogP contribution < -0.4 is 4.74 Å². The minimum atomic E-state index is -2.55. The molecule has 1 rings (SSSR count). The Morgan fingerprint density at radius 2 is 2.31 bits per heavy atom. The first kappa shape index (κ1) is 10.2. The minimum absolute atomic E-state index is 0.0245. The maximum Gasteiger partial charge on any atom is 0.264 e. The van der Waals surface area contributed by atoms with Crippen molar-refractivity contribution in [3.8, 4) is 5.88 Å². The van der Waals surface area contributed by atoms with Crippen LogP contribution in [0.4, 0.5) is 8.78 Å². The summed E-state index contributed by atoms with van der Waals surface area (Å²) in [5, 5.41) is 0. The molecule has 0 aliphatic carbocycles. The van der Waals surface area contributed by atoms with E-state index in [4.69, 9.17) is 16.3 Å². The summed E-state index contributed by atoms with van der Waals surface area (Å²) >= 11 is 5.46. The summed E-state index contributed by atoms with van der Waals surface area (Å²) in [4.78, 5) is 3.77. The van der Waals surface area contributed by atoms with E-state index >= 15 is 0 Å². The van der Waals surface area contributed by atoms with E-state index in [9.17, 15) is 8.78 Å². The lowest BCUT2D eigenvalue weighted by Crippen LogP contribution is -1.96. The summed E-state index contributed by atoms with van der Waals surface area (Å²) in [5.74, 6) is 0.195. The van der Waals surface area contributed by atoms with Crippen molar-refractivity contribution in [1.29, 1.82) is 0 Å². The van der Waals surface area contributed by atoms with Crippen LogP contribution in [0.2, 0.25) is 0 Å². The highest BCUT2D eigenvalue weighted by atomic mass is 35.5. The molecule has 0 atom stereocenters. The van der Waals surface area contributed by atoms with Crippen LogP contribution in [0.25, 0.3) is 0 Å². The monoisotopic (exact) mass is 207 g/mol. The van der Waals surface area contributed by atoms with E-state index in [1.807, 2.05) is 0 Å². The standard InChI is InChI=1S/C8H8ClF2NO/c1-13-7-2-6(8(10)11)5(3-9)4-12-7/h2,4,8H,3H2,1H3. The summed E-state index contributed by atoms with van der Waals surface area (Å²) in [6.07, 6.45) is -1.25.